The van der Waals surface area contributed by atoms with Gasteiger partial charge in [-0.25, -0.2) is 0 Å². The minimum atomic E-state index is 0.327. The molecule has 0 bridgehead atoms. The average Bonchev–Trinajstić information content (AvgIpc) is 3.08. The lowest BCUT2D eigenvalue weighted by atomic mass is 10.0. The molecular formula is C14H23N3O2. The molecule has 0 amide bonds. The molecule has 0 spiro atoms. The van der Waals surface area contributed by atoms with Crippen molar-refractivity contribution in [1.82, 2.24) is 15.0 Å². The molecule has 2 fully saturated rings. The molecule has 1 atom stereocenters. The molecule has 2 heterocycles. The Kier molecular flexibility index (Phi) is 4.13. The number of aryl methyl sites for hydroxylation is 1. The number of hydrogen-bond acceptors (Lipinski definition) is 5. The lowest BCUT2D eigenvalue weighted by Gasteiger charge is -2.36. The molecule has 5 heteroatoms. The van der Waals surface area contributed by atoms with E-state index in [2.05, 4.69) is 15.0 Å². The van der Waals surface area contributed by atoms with Crippen LogP contribution in [0.2, 0.25) is 0 Å². The SMILES string of the molecule is Cc1nc(COC2CCCN(C3CCCC3)C2)no1. The molecule has 0 aromatic carbocycles. The van der Waals surface area contributed by atoms with Gasteiger partial charge in [0.25, 0.3) is 0 Å². The maximum atomic E-state index is 5.95. The zero-order valence-corrected chi connectivity index (χ0v) is 11.7. The molecule has 0 radical (unpaired) electrons. The summed E-state index contributed by atoms with van der Waals surface area (Å²) < 4.78 is 10.9. The predicted molar refractivity (Wildman–Crippen MR) is 70.7 cm³/mol. The second-order valence-corrected chi connectivity index (χ2v) is 5.74. The van der Waals surface area contributed by atoms with E-state index in [9.17, 15) is 0 Å². The minimum Gasteiger partial charge on any atom is -0.369 e. The van der Waals surface area contributed by atoms with Crippen molar-refractivity contribution in [2.24, 2.45) is 0 Å². The Hall–Kier alpha value is -0.940. The van der Waals surface area contributed by atoms with Crippen LogP contribution in [0.3, 0.4) is 0 Å². The Balaban J connectivity index is 1.48. The van der Waals surface area contributed by atoms with Gasteiger partial charge in [0.1, 0.15) is 6.61 Å². The topological polar surface area (TPSA) is 51.4 Å². The zero-order valence-electron chi connectivity index (χ0n) is 11.7. The van der Waals surface area contributed by atoms with E-state index in [1.54, 1.807) is 6.92 Å². The highest BCUT2D eigenvalue weighted by Gasteiger charge is 2.28. The van der Waals surface area contributed by atoms with Gasteiger partial charge in [-0.1, -0.05) is 18.0 Å². The number of piperidine rings is 1. The molecule has 1 aromatic rings. The normalized spacial score (nSPS) is 26.1. The Labute approximate surface area is 114 Å². The van der Waals surface area contributed by atoms with E-state index in [-0.39, 0.29) is 0 Å². The first-order valence-corrected chi connectivity index (χ1v) is 7.46. The van der Waals surface area contributed by atoms with Crippen LogP contribution in [0.5, 0.6) is 0 Å². The molecule has 1 aliphatic carbocycles. The van der Waals surface area contributed by atoms with Crippen molar-refractivity contribution in [2.45, 2.75) is 64.2 Å². The van der Waals surface area contributed by atoms with E-state index < -0.39 is 0 Å². The molecule has 3 rings (SSSR count). The summed E-state index contributed by atoms with van der Waals surface area (Å²) >= 11 is 0. The first-order valence-electron chi connectivity index (χ1n) is 7.46. The summed E-state index contributed by atoms with van der Waals surface area (Å²) in [6, 6.07) is 0.804. The third-order valence-electron chi connectivity index (χ3n) is 4.27. The molecular weight excluding hydrogens is 242 g/mol. The number of ether oxygens (including phenoxy) is 1. The van der Waals surface area contributed by atoms with E-state index >= 15 is 0 Å². The Morgan fingerprint density at radius 2 is 2.11 bits per heavy atom. The summed E-state index contributed by atoms with van der Waals surface area (Å²) in [5.41, 5.74) is 0. The van der Waals surface area contributed by atoms with E-state index in [0.717, 1.165) is 19.0 Å². The maximum Gasteiger partial charge on any atom is 0.223 e. The molecule has 1 saturated heterocycles. The van der Waals surface area contributed by atoms with Crippen molar-refractivity contribution in [3.63, 3.8) is 0 Å². The predicted octanol–water partition coefficient (Wildman–Crippen LogP) is 2.30. The molecule has 5 nitrogen and oxygen atoms in total. The lowest BCUT2D eigenvalue weighted by Crippen LogP contribution is -2.44. The van der Waals surface area contributed by atoms with Crippen molar-refractivity contribution in [1.29, 1.82) is 0 Å². The number of likely N-dealkylation sites (tertiary alicyclic amines) is 1. The second-order valence-electron chi connectivity index (χ2n) is 5.74. The summed E-state index contributed by atoms with van der Waals surface area (Å²) in [6.45, 7) is 4.59. The van der Waals surface area contributed by atoms with Gasteiger partial charge in [0.05, 0.1) is 6.10 Å². The fourth-order valence-electron chi connectivity index (χ4n) is 3.30. The van der Waals surface area contributed by atoms with Crippen LogP contribution in [0.1, 0.15) is 50.2 Å². The van der Waals surface area contributed by atoms with Gasteiger partial charge in [-0.3, -0.25) is 4.90 Å². The van der Waals surface area contributed by atoms with Gasteiger partial charge >= 0.3 is 0 Å². The lowest BCUT2D eigenvalue weighted by molar-refractivity contribution is -0.0234. The van der Waals surface area contributed by atoms with Crippen LogP contribution in [-0.4, -0.2) is 40.3 Å². The van der Waals surface area contributed by atoms with Crippen molar-refractivity contribution in [3.8, 4) is 0 Å². The van der Waals surface area contributed by atoms with Crippen LogP contribution in [0, 0.1) is 6.92 Å². The Bertz CT molecular complexity index is 401. The van der Waals surface area contributed by atoms with E-state index in [4.69, 9.17) is 9.26 Å². The largest absolute Gasteiger partial charge is 0.369 e. The molecule has 106 valence electrons. The summed E-state index contributed by atoms with van der Waals surface area (Å²) in [4.78, 5) is 6.80. The van der Waals surface area contributed by atoms with Crippen LogP contribution >= 0.6 is 0 Å². The van der Waals surface area contributed by atoms with Crippen molar-refractivity contribution in [2.75, 3.05) is 13.1 Å². The average molecular weight is 265 g/mol. The molecule has 1 unspecified atom stereocenters. The molecule has 0 N–H and O–H groups in total. The summed E-state index contributed by atoms with van der Waals surface area (Å²) in [5, 5.41) is 3.87. The van der Waals surface area contributed by atoms with Crippen molar-refractivity contribution < 1.29 is 9.26 Å². The molecule has 1 aromatic heterocycles. The Morgan fingerprint density at radius 3 is 2.84 bits per heavy atom. The van der Waals surface area contributed by atoms with E-state index in [1.807, 2.05) is 0 Å². The highest BCUT2D eigenvalue weighted by Crippen LogP contribution is 2.27. The fraction of sp³-hybridized carbons (Fsp3) is 0.857. The van der Waals surface area contributed by atoms with Gasteiger partial charge in [0, 0.05) is 19.5 Å². The van der Waals surface area contributed by atoms with E-state index in [1.165, 1.54) is 38.6 Å². The Morgan fingerprint density at radius 1 is 1.26 bits per heavy atom. The van der Waals surface area contributed by atoms with Gasteiger partial charge in [0.2, 0.25) is 5.89 Å². The summed E-state index contributed by atoms with van der Waals surface area (Å²) in [5.74, 6) is 1.27. The quantitative estimate of drug-likeness (QED) is 0.836. The van der Waals surface area contributed by atoms with E-state index in [0.29, 0.717) is 24.4 Å². The number of aromatic nitrogens is 2. The molecule has 1 saturated carbocycles. The number of nitrogens with zero attached hydrogens (tertiary/aromatic N) is 3. The standard InChI is InChI=1S/C14H23N3O2/c1-11-15-14(16-19-11)10-18-13-7-4-8-17(9-13)12-5-2-3-6-12/h12-13H,2-10H2,1H3. The smallest absolute Gasteiger partial charge is 0.223 e. The van der Waals surface area contributed by atoms with Gasteiger partial charge in [-0.15, -0.1) is 0 Å². The van der Waals surface area contributed by atoms with Crippen LogP contribution in [0.15, 0.2) is 4.52 Å². The third-order valence-corrected chi connectivity index (χ3v) is 4.27. The highest BCUT2D eigenvalue weighted by atomic mass is 16.5. The van der Waals surface area contributed by atoms with Gasteiger partial charge < -0.3 is 9.26 Å². The molecule has 2 aliphatic rings. The maximum absolute atomic E-state index is 5.95. The van der Waals surface area contributed by atoms with Gasteiger partial charge in [0.15, 0.2) is 5.82 Å². The van der Waals surface area contributed by atoms with Crippen LogP contribution in [-0.2, 0) is 11.3 Å². The highest BCUT2D eigenvalue weighted by molar-refractivity contribution is 4.84. The van der Waals surface area contributed by atoms with Crippen LogP contribution < -0.4 is 0 Å². The van der Waals surface area contributed by atoms with Crippen molar-refractivity contribution >= 4 is 0 Å². The monoisotopic (exact) mass is 265 g/mol. The first kappa shape index (κ1) is 13.1. The zero-order chi connectivity index (χ0) is 13.1. The third kappa shape index (κ3) is 3.34. The van der Waals surface area contributed by atoms with Gasteiger partial charge in [-0.2, -0.15) is 4.98 Å². The second kappa shape index (κ2) is 6.01. The summed E-state index contributed by atoms with van der Waals surface area (Å²) in [6.07, 6.45) is 8.26. The number of rotatable bonds is 4. The van der Waals surface area contributed by atoms with Crippen LogP contribution in [0.4, 0.5) is 0 Å². The summed E-state index contributed by atoms with van der Waals surface area (Å²) in [7, 11) is 0. The van der Waals surface area contributed by atoms with Gasteiger partial charge in [-0.05, 0) is 32.2 Å². The first-order chi connectivity index (χ1) is 9.31. The minimum absolute atomic E-state index is 0.327. The van der Waals surface area contributed by atoms with Crippen LogP contribution in [0.25, 0.3) is 0 Å². The van der Waals surface area contributed by atoms with Crippen molar-refractivity contribution in [3.05, 3.63) is 11.7 Å². The number of hydrogen-bond donors (Lipinski definition) is 0. The molecule has 19 heavy (non-hydrogen) atoms. The molecule has 1 aliphatic heterocycles. The fourth-order valence-corrected chi connectivity index (χ4v) is 3.30.